The number of nitro groups is 1. The van der Waals surface area contributed by atoms with Crippen LogP contribution in [-0.2, 0) is 11.3 Å². The molecule has 25 heavy (non-hydrogen) atoms. The number of methoxy groups -OCH3 is 3. The molecule has 1 heterocycles. The Morgan fingerprint density at radius 1 is 1.24 bits per heavy atom. The van der Waals surface area contributed by atoms with Gasteiger partial charge in [0.25, 0.3) is 5.69 Å². The summed E-state index contributed by atoms with van der Waals surface area (Å²) in [4.78, 5) is 19.3. The minimum Gasteiger partial charge on any atom is -0.481 e. The van der Waals surface area contributed by atoms with Gasteiger partial charge >= 0.3 is 0 Å². The highest BCUT2D eigenvalue weighted by Crippen LogP contribution is 2.34. The summed E-state index contributed by atoms with van der Waals surface area (Å²) in [5.74, 6) is -0.631. The van der Waals surface area contributed by atoms with Crippen LogP contribution in [0.5, 0.6) is 11.8 Å². The fraction of sp³-hybridized carbons (Fsp3) is 0.312. The fourth-order valence-electron chi connectivity index (χ4n) is 2.36. The highest BCUT2D eigenvalue weighted by Gasteiger charge is 2.29. The molecule has 1 aromatic heterocycles. The molecule has 0 aliphatic heterocycles. The molecule has 0 fully saturated rings. The molecule has 0 bridgehead atoms. The maximum Gasteiger partial charge on any atom is 0.279 e. The Hall–Kier alpha value is -3.25. The summed E-state index contributed by atoms with van der Waals surface area (Å²) in [6.45, 7) is 0.0462. The number of para-hydroxylation sites is 1. The lowest BCUT2D eigenvalue weighted by Crippen LogP contribution is -2.10. The van der Waals surface area contributed by atoms with E-state index in [0.29, 0.717) is 5.56 Å². The van der Waals surface area contributed by atoms with Crippen LogP contribution in [0.25, 0.3) is 0 Å². The molecule has 1 unspecified atom stereocenters. The normalized spacial score (nSPS) is 11.4. The van der Waals surface area contributed by atoms with E-state index in [1.54, 1.807) is 12.1 Å². The molecule has 0 aliphatic rings. The van der Waals surface area contributed by atoms with E-state index < -0.39 is 10.8 Å². The molecule has 130 valence electrons. The van der Waals surface area contributed by atoms with Crippen molar-refractivity contribution in [2.24, 2.45) is 0 Å². The molecule has 0 saturated carbocycles. The third-order valence-corrected chi connectivity index (χ3v) is 3.45. The van der Waals surface area contributed by atoms with E-state index >= 15 is 0 Å². The van der Waals surface area contributed by atoms with Crippen LogP contribution in [0.4, 0.5) is 5.69 Å². The van der Waals surface area contributed by atoms with Crippen molar-refractivity contribution in [1.82, 2.24) is 9.97 Å². The van der Waals surface area contributed by atoms with Gasteiger partial charge in [0.2, 0.25) is 11.8 Å². The summed E-state index contributed by atoms with van der Waals surface area (Å²) in [5, 5.41) is 21.2. The van der Waals surface area contributed by atoms with Gasteiger partial charge in [-0.15, -0.1) is 0 Å². The second-order valence-electron chi connectivity index (χ2n) is 4.92. The lowest BCUT2D eigenvalue weighted by atomic mass is 9.95. The van der Waals surface area contributed by atoms with E-state index in [4.69, 9.17) is 14.2 Å². The van der Waals surface area contributed by atoms with Crippen LogP contribution in [0.2, 0.25) is 0 Å². The third kappa shape index (κ3) is 3.81. The third-order valence-electron chi connectivity index (χ3n) is 3.45. The molecule has 1 atom stereocenters. The quantitative estimate of drug-likeness (QED) is 0.553. The SMILES string of the molecule is COCc1cccc(C(C#N)c2nc(OC)cc(OC)n2)c1[N+](=O)[O-]. The largest absolute Gasteiger partial charge is 0.481 e. The predicted molar refractivity (Wildman–Crippen MR) is 86.4 cm³/mol. The van der Waals surface area contributed by atoms with Gasteiger partial charge in [-0.2, -0.15) is 15.2 Å². The average Bonchev–Trinajstić information content (AvgIpc) is 2.62. The molecular formula is C16H16N4O5. The number of hydrogen-bond donors (Lipinski definition) is 0. The van der Waals surface area contributed by atoms with Crippen LogP contribution >= 0.6 is 0 Å². The standard InChI is InChI=1S/C16H16N4O5/c1-23-9-10-5-4-6-11(15(10)20(21)22)12(8-17)16-18-13(24-2)7-14(19-16)25-3/h4-7,12H,9H2,1-3H3. The molecule has 1 aromatic carbocycles. The van der Waals surface area contributed by atoms with Crippen LogP contribution in [0.3, 0.4) is 0 Å². The Labute approximate surface area is 144 Å². The van der Waals surface area contributed by atoms with Gasteiger partial charge in [0.1, 0.15) is 5.92 Å². The molecule has 9 heteroatoms. The Bertz CT molecular complexity index is 796. The molecule has 2 aromatic rings. The van der Waals surface area contributed by atoms with Crippen molar-refractivity contribution in [3.8, 4) is 17.8 Å². The lowest BCUT2D eigenvalue weighted by molar-refractivity contribution is -0.386. The Morgan fingerprint density at radius 2 is 1.88 bits per heavy atom. The number of aromatic nitrogens is 2. The van der Waals surface area contributed by atoms with Crippen molar-refractivity contribution >= 4 is 5.69 Å². The van der Waals surface area contributed by atoms with Gasteiger partial charge < -0.3 is 14.2 Å². The van der Waals surface area contributed by atoms with Gasteiger partial charge in [-0.3, -0.25) is 10.1 Å². The van der Waals surface area contributed by atoms with Crippen LogP contribution in [-0.4, -0.2) is 36.2 Å². The number of hydrogen-bond acceptors (Lipinski definition) is 8. The van der Waals surface area contributed by atoms with Crippen molar-refractivity contribution in [2.75, 3.05) is 21.3 Å². The van der Waals surface area contributed by atoms with Gasteiger partial charge in [-0.1, -0.05) is 12.1 Å². The highest BCUT2D eigenvalue weighted by molar-refractivity contribution is 5.53. The number of benzene rings is 1. The molecule has 9 nitrogen and oxygen atoms in total. The van der Waals surface area contributed by atoms with Crippen LogP contribution in [0.15, 0.2) is 24.3 Å². The van der Waals surface area contributed by atoms with E-state index in [9.17, 15) is 15.4 Å². The Kier molecular flexibility index (Phi) is 5.81. The zero-order valence-electron chi connectivity index (χ0n) is 13.9. The van der Waals surface area contributed by atoms with Crippen molar-refractivity contribution < 1.29 is 19.1 Å². The Morgan fingerprint density at radius 3 is 2.36 bits per heavy atom. The summed E-state index contributed by atoms with van der Waals surface area (Å²) in [7, 11) is 4.26. The summed E-state index contributed by atoms with van der Waals surface area (Å²) in [6.07, 6.45) is 0. The molecular weight excluding hydrogens is 328 g/mol. The Balaban J connectivity index is 2.65. The molecule has 0 radical (unpaired) electrons. The van der Waals surface area contributed by atoms with E-state index in [1.807, 2.05) is 6.07 Å². The van der Waals surface area contributed by atoms with Crippen molar-refractivity contribution in [1.29, 1.82) is 5.26 Å². The van der Waals surface area contributed by atoms with Crippen LogP contribution in [0.1, 0.15) is 22.9 Å². The van der Waals surface area contributed by atoms with Crippen LogP contribution < -0.4 is 9.47 Å². The molecule has 0 spiro atoms. The van der Waals surface area contributed by atoms with Gasteiger partial charge in [0, 0.05) is 7.11 Å². The molecule has 0 saturated heterocycles. The molecule has 0 amide bonds. The summed E-state index contributed by atoms with van der Waals surface area (Å²) < 4.78 is 15.2. The van der Waals surface area contributed by atoms with Gasteiger partial charge in [0.15, 0.2) is 5.82 Å². The maximum absolute atomic E-state index is 11.6. The minimum absolute atomic E-state index is 0.0462. The maximum atomic E-state index is 11.6. The van der Waals surface area contributed by atoms with E-state index in [-0.39, 0.29) is 35.4 Å². The first kappa shape index (κ1) is 18.1. The van der Waals surface area contributed by atoms with E-state index in [1.165, 1.54) is 33.5 Å². The summed E-state index contributed by atoms with van der Waals surface area (Å²) in [6, 6.07) is 8.17. The van der Waals surface area contributed by atoms with Crippen molar-refractivity contribution in [3.63, 3.8) is 0 Å². The number of nitriles is 1. The summed E-state index contributed by atoms with van der Waals surface area (Å²) in [5.41, 5.74) is 0.346. The second-order valence-corrected chi connectivity index (χ2v) is 4.92. The molecule has 0 N–H and O–H groups in total. The first-order chi connectivity index (χ1) is 12.0. The lowest BCUT2D eigenvalue weighted by Gasteiger charge is -2.13. The van der Waals surface area contributed by atoms with Crippen molar-refractivity contribution in [2.45, 2.75) is 12.5 Å². The fourth-order valence-corrected chi connectivity index (χ4v) is 2.36. The number of ether oxygens (including phenoxy) is 3. The minimum atomic E-state index is -1.07. The van der Waals surface area contributed by atoms with E-state index in [2.05, 4.69) is 9.97 Å². The average molecular weight is 344 g/mol. The first-order valence-corrected chi connectivity index (χ1v) is 7.17. The first-order valence-electron chi connectivity index (χ1n) is 7.17. The number of nitrogens with zero attached hydrogens (tertiary/aromatic N) is 4. The second kappa shape index (κ2) is 8.03. The highest BCUT2D eigenvalue weighted by atomic mass is 16.6. The van der Waals surface area contributed by atoms with E-state index in [0.717, 1.165) is 0 Å². The summed E-state index contributed by atoms with van der Waals surface area (Å²) >= 11 is 0. The van der Waals surface area contributed by atoms with Crippen molar-refractivity contribution in [3.05, 3.63) is 51.3 Å². The topological polar surface area (TPSA) is 120 Å². The zero-order chi connectivity index (χ0) is 18.4. The number of rotatable bonds is 7. The zero-order valence-corrected chi connectivity index (χ0v) is 13.9. The van der Waals surface area contributed by atoms with Gasteiger partial charge in [-0.25, -0.2) is 0 Å². The monoisotopic (exact) mass is 344 g/mol. The smallest absolute Gasteiger partial charge is 0.279 e. The molecule has 0 aliphatic carbocycles. The number of nitro benzene ring substituents is 1. The van der Waals surface area contributed by atoms with Gasteiger partial charge in [-0.05, 0) is 6.07 Å². The van der Waals surface area contributed by atoms with Gasteiger partial charge in [0.05, 0.1) is 49.0 Å². The molecule has 2 rings (SSSR count). The predicted octanol–water partition coefficient (Wildman–Crippen LogP) is 2.20. The van der Waals surface area contributed by atoms with Crippen LogP contribution in [0, 0.1) is 21.4 Å².